The third-order valence-electron chi connectivity index (χ3n) is 4.93. The number of carbonyl (C=O) groups excluding carboxylic acids is 1. The lowest BCUT2D eigenvalue weighted by Gasteiger charge is -2.15. The Morgan fingerprint density at radius 1 is 1.03 bits per heavy atom. The Labute approximate surface area is 185 Å². The topological polar surface area (TPSA) is 91.0 Å². The predicted octanol–water partition coefficient (Wildman–Crippen LogP) is 3.36. The number of amides is 1. The zero-order valence-electron chi connectivity index (χ0n) is 18.1. The van der Waals surface area contributed by atoms with Gasteiger partial charge in [0.2, 0.25) is 11.9 Å². The van der Waals surface area contributed by atoms with Crippen LogP contribution in [-0.2, 0) is 11.3 Å². The van der Waals surface area contributed by atoms with Crippen LogP contribution in [0.25, 0.3) is 17.2 Å². The average Bonchev–Trinajstić information content (AvgIpc) is 3.13. The van der Waals surface area contributed by atoms with Crippen molar-refractivity contribution in [1.29, 1.82) is 0 Å². The molecule has 1 amide bonds. The molecule has 8 nitrogen and oxygen atoms in total. The molecule has 0 aliphatic rings. The molecule has 2 heterocycles. The molecule has 0 spiro atoms. The molecule has 8 heteroatoms. The fraction of sp³-hybridized carbons (Fsp3) is 0.167. The average molecular weight is 429 g/mol. The van der Waals surface area contributed by atoms with Gasteiger partial charge in [0.05, 0.1) is 18.5 Å². The highest BCUT2D eigenvalue weighted by Crippen LogP contribution is 2.18. The molecular formula is C24H23N5O3. The van der Waals surface area contributed by atoms with E-state index in [-0.39, 0.29) is 24.0 Å². The minimum Gasteiger partial charge on any atom is -0.497 e. The lowest BCUT2D eigenvalue weighted by atomic mass is 10.1. The smallest absolute Gasteiger partial charge is 0.256 e. The normalized spacial score (nSPS) is 10.7. The number of aryl methyl sites for hydroxylation is 2. The third-order valence-corrected chi connectivity index (χ3v) is 4.93. The van der Waals surface area contributed by atoms with Crippen LogP contribution < -0.4 is 15.6 Å². The Balaban J connectivity index is 1.72. The van der Waals surface area contributed by atoms with E-state index in [9.17, 15) is 9.59 Å². The van der Waals surface area contributed by atoms with Gasteiger partial charge in [-0.05, 0) is 44.2 Å². The Morgan fingerprint density at radius 3 is 2.38 bits per heavy atom. The number of carbonyl (C=O) groups is 1. The van der Waals surface area contributed by atoms with Crippen LogP contribution in [0.5, 0.6) is 5.75 Å². The summed E-state index contributed by atoms with van der Waals surface area (Å²) in [5.41, 5.74) is 3.18. The monoisotopic (exact) mass is 429 g/mol. The fourth-order valence-corrected chi connectivity index (χ4v) is 3.41. The van der Waals surface area contributed by atoms with Gasteiger partial charge >= 0.3 is 0 Å². The maximum atomic E-state index is 13.1. The van der Waals surface area contributed by atoms with Crippen LogP contribution in [0.4, 0.5) is 5.69 Å². The van der Waals surface area contributed by atoms with Crippen LogP contribution in [0.1, 0.15) is 11.4 Å². The Hall–Kier alpha value is -4.20. The highest BCUT2D eigenvalue weighted by atomic mass is 16.5. The molecule has 162 valence electrons. The van der Waals surface area contributed by atoms with Gasteiger partial charge in [-0.25, -0.2) is 9.67 Å². The van der Waals surface area contributed by atoms with Crippen LogP contribution in [0, 0.1) is 13.8 Å². The number of methoxy groups -OCH3 is 1. The van der Waals surface area contributed by atoms with Gasteiger partial charge in [-0.2, -0.15) is 5.10 Å². The number of anilines is 1. The first-order chi connectivity index (χ1) is 15.4. The summed E-state index contributed by atoms with van der Waals surface area (Å²) in [6, 6.07) is 19.7. The van der Waals surface area contributed by atoms with E-state index in [1.54, 1.807) is 36.1 Å². The van der Waals surface area contributed by atoms with E-state index in [1.807, 2.05) is 50.2 Å². The highest BCUT2D eigenvalue weighted by Gasteiger charge is 2.17. The predicted molar refractivity (Wildman–Crippen MR) is 122 cm³/mol. The summed E-state index contributed by atoms with van der Waals surface area (Å²) in [4.78, 5) is 30.5. The van der Waals surface area contributed by atoms with Crippen molar-refractivity contribution in [2.75, 3.05) is 12.4 Å². The van der Waals surface area contributed by atoms with Crippen molar-refractivity contribution < 1.29 is 9.53 Å². The van der Waals surface area contributed by atoms with Gasteiger partial charge in [0, 0.05) is 23.0 Å². The van der Waals surface area contributed by atoms with Crippen LogP contribution in [-0.4, -0.2) is 32.3 Å². The zero-order chi connectivity index (χ0) is 22.7. The van der Waals surface area contributed by atoms with Gasteiger partial charge in [0.15, 0.2) is 0 Å². The van der Waals surface area contributed by atoms with Gasteiger partial charge in [-0.15, -0.1) is 0 Å². The molecule has 1 N–H and O–H groups in total. The summed E-state index contributed by atoms with van der Waals surface area (Å²) in [6.45, 7) is 3.53. The van der Waals surface area contributed by atoms with Crippen molar-refractivity contribution in [3.63, 3.8) is 0 Å². The van der Waals surface area contributed by atoms with E-state index < -0.39 is 0 Å². The minimum absolute atomic E-state index is 0.208. The van der Waals surface area contributed by atoms with Crippen LogP contribution in [0.2, 0.25) is 0 Å². The molecule has 32 heavy (non-hydrogen) atoms. The molecule has 0 atom stereocenters. The number of nitrogens with one attached hydrogen (secondary N) is 1. The van der Waals surface area contributed by atoms with Crippen molar-refractivity contribution in [2.45, 2.75) is 20.4 Å². The van der Waals surface area contributed by atoms with Gasteiger partial charge in [-0.3, -0.25) is 14.2 Å². The first-order valence-electron chi connectivity index (χ1n) is 10.1. The molecule has 2 aromatic carbocycles. The van der Waals surface area contributed by atoms with Crippen molar-refractivity contribution in [3.8, 4) is 23.0 Å². The van der Waals surface area contributed by atoms with Gasteiger partial charge in [0.25, 0.3) is 5.56 Å². The van der Waals surface area contributed by atoms with E-state index >= 15 is 0 Å². The number of rotatable bonds is 6. The molecular weight excluding hydrogens is 406 g/mol. The van der Waals surface area contributed by atoms with E-state index in [4.69, 9.17) is 9.72 Å². The number of benzene rings is 2. The number of hydrogen-bond acceptors (Lipinski definition) is 5. The largest absolute Gasteiger partial charge is 0.497 e. The van der Waals surface area contributed by atoms with Crippen LogP contribution in [0.15, 0.2) is 71.5 Å². The summed E-state index contributed by atoms with van der Waals surface area (Å²) >= 11 is 0. The van der Waals surface area contributed by atoms with Gasteiger partial charge in [-0.1, -0.05) is 30.3 Å². The summed E-state index contributed by atoms with van der Waals surface area (Å²) in [5.74, 6) is 0.618. The molecule has 2 aromatic heterocycles. The second kappa shape index (κ2) is 8.89. The SMILES string of the molecule is COc1ccc(NC(=O)Cn2c(-n3nc(C)cc3C)nc(-c3ccccc3)cc2=O)cc1. The van der Waals surface area contributed by atoms with Gasteiger partial charge in [0.1, 0.15) is 12.3 Å². The van der Waals surface area contributed by atoms with Crippen molar-refractivity contribution in [1.82, 2.24) is 19.3 Å². The Kier molecular flexibility index (Phi) is 5.85. The second-order valence-electron chi connectivity index (χ2n) is 7.35. The summed E-state index contributed by atoms with van der Waals surface area (Å²) in [7, 11) is 1.58. The molecule has 0 radical (unpaired) electrons. The minimum atomic E-state index is -0.352. The van der Waals surface area contributed by atoms with Crippen molar-refractivity contribution in [3.05, 3.63) is 88.5 Å². The maximum absolute atomic E-state index is 13.1. The lowest BCUT2D eigenvalue weighted by Crippen LogP contribution is -2.31. The molecule has 0 saturated heterocycles. The number of nitrogens with zero attached hydrogens (tertiary/aromatic N) is 4. The van der Waals surface area contributed by atoms with Crippen LogP contribution in [0.3, 0.4) is 0 Å². The summed E-state index contributed by atoms with van der Waals surface area (Å²) in [5, 5.41) is 7.28. The second-order valence-corrected chi connectivity index (χ2v) is 7.35. The zero-order valence-corrected chi connectivity index (χ0v) is 18.1. The van der Waals surface area contributed by atoms with Crippen molar-refractivity contribution >= 4 is 11.6 Å². The number of ether oxygens (including phenoxy) is 1. The van der Waals surface area contributed by atoms with E-state index in [2.05, 4.69) is 10.4 Å². The molecule has 0 aliphatic heterocycles. The molecule has 0 unspecified atom stereocenters. The quantitative estimate of drug-likeness (QED) is 0.508. The summed E-state index contributed by atoms with van der Waals surface area (Å²) < 4.78 is 8.05. The Morgan fingerprint density at radius 2 is 1.75 bits per heavy atom. The Bertz CT molecular complexity index is 1310. The summed E-state index contributed by atoms with van der Waals surface area (Å²) in [6.07, 6.45) is 0. The number of aromatic nitrogens is 4. The molecule has 0 aliphatic carbocycles. The van der Waals surface area contributed by atoms with Crippen molar-refractivity contribution in [2.24, 2.45) is 0 Å². The molecule has 0 saturated carbocycles. The lowest BCUT2D eigenvalue weighted by molar-refractivity contribution is -0.116. The van der Waals surface area contributed by atoms with E-state index in [0.29, 0.717) is 17.1 Å². The molecule has 4 rings (SSSR count). The van der Waals surface area contributed by atoms with Crippen LogP contribution >= 0.6 is 0 Å². The number of hydrogen-bond donors (Lipinski definition) is 1. The fourth-order valence-electron chi connectivity index (χ4n) is 3.41. The third kappa shape index (κ3) is 4.44. The standard InChI is InChI=1S/C24H23N5O3/c1-16-13-17(2)29(27-16)24-26-21(18-7-5-4-6-8-18)14-23(31)28(24)15-22(30)25-19-9-11-20(32-3)12-10-19/h4-14H,15H2,1-3H3,(H,25,30). The molecule has 0 fully saturated rings. The van der Waals surface area contributed by atoms with Gasteiger partial charge < -0.3 is 10.1 Å². The molecule has 4 aromatic rings. The molecule has 0 bridgehead atoms. The maximum Gasteiger partial charge on any atom is 0.256 e. The first kappa shape index (κ1) is 21.0. The van der Waals surface area contributed by atoms with E-state index in [0.717, 1.165) is 17.0 Å². The van der Waals surface area contributed by atoms with E-state index in [1.165, 1.54) is 10.6 Å². The highest BCUT2D eigenvalue weighted by molar-refractivity contribution is 5.90. The first-order valence-corrected chi connectivity index (χ1v) is 10.1.